The van der Waals surface area contributed by atoms with Crippen LogP contribution in [0.2, 0.25) is 5.02 Å². The Morgan fingerprint density at radius 3 is 2.50 bits per heavy atom. The summed E-state index contributed by atoms with van der Waals surface area (Å²) in [5.41, 5.74) is 4.09. The van der Waals surface area contributed by atoms with Crippen LogP contribution in [-0.4, -0.2) is 17.4 Å². The molecule has 0 unspecified atom stereocenters. The smallest absolute Gasteiger partial charge is 0.240 e. The molecular weight excluding hydrogens is 390 g/mol. The zero-order valence-electron chi connectivity index (χ0n) is 15.9. The number of rotatable bonds is 7. The van der Waals surface area contributed by atoms with Gasteiger partial charge in [-0.25, -0.2) is 0 Å². The Hall–Kier alpha value is -2.50. The molecule has 2 aromatic carbocycles. The molecule has 4 nitrogen and oxygen atoms in total. The van der Waals surface area contributed by atoms with Gasteiger partial charge in [0.2, 0.25) is 5.91 Å². The first-order valence-electron chi connectivity index (χ1n) is 8.96. The fourth-order valence-electron chi connectivity index (χ4n) is 2.65. The van der Waals surface area contributed by atoms with Crippen molar-refractivity contribution in [3.05, 3.63) is 88.7 Å². The summed E-state index contributed by atoms with van der Waals surface area (Å²) in [5.74, 6) is -0.0594. The van der Waals surface area contributed by atoms with Crippen molar-refractivity contribution in [2.45, 2.75) is 25.3 Å². The molecule has 3 aromatic rings. The van der Waals surface area contributed by atoms with Gasteiger partial charge < -0.3 is 9.62 Å². The fraction of sp³-hybridized carbons (Fsp3) is 0.182. The maximum absolute atomic E-state index is 12.6. The molecule has 1 N–H and O–H groups in total. The number of nitrogens with one attached hydrogen (secondary N) is 1. The SMILES string of the molecule is Cc1ccc(SN(CC(=O)NCc2ccncc2)c2cccc(Cl)c2C)cc1. The lowest BCUT2D eigenvalue weighted by Crippen LogP contribution is -2.33. The van der Waals surface area contributed by atoms with E-state index in [0.717, 1.165) is 21.7 Å². The van der Waals surface area contributed by atoms with Gasteiger partial charge in [-0.05, 0) is 73.3 Å². The summed E-state index contributed by atoms with van der Waals surface area (Å²) in [4.78, 5) is 17.7. The molecule has 1 aromatic heterocycles. The number of amides is 1. The number of carbonyl (C=O) groups excluding carboxylic acids is 1. The third-order valence-corrected chi connectivity index (χ3v) is 5.71. The minimum Gasteiger partial charge on any atom is -0.350 e. The molecular formula is C22H22ClN3OS. The number of aromatic nitrogens is 1. The number of hydrogen-bond donors (Lipinski definition) is 1. The number of carbonyl (C=O) groups is 1. The van der Waals surface area contributed by atoms with Crippen LogP contribution < -0.4 is 9.62 Å². The number of anilines is 1. The fourth-order valence-corrected chi connectivity index (χ4v) is 3.81. The quantitative estimate of drug-likeness (QED) is 0.544. The molecule has 0 aliphatic carbocycles. The topological polar surface area (TPSA) is 45.2 Å². The third-order valence-electron chi connectivity index (χ3n) is 4.27. The van der Waals surface area contributed by atoms with Gasteiger partial charge >= 0.3 is 0 Å². The molecule has 0 bridgehead atoms. The van der Waals surface area contributed by atoms with Crippen LogP contribution in [0.4, 0.5) is 5.69 Å². The number of nitrogens with zero attached hydrogens (tertiary/aromatic N) is 2. The highest BCUT2D eigenvalue weighted by Crippen LogP contribution is 2.34. The molecule has 0 saturated heterocycles. The lowest BCUT2D eigenvalue weighted by Gasteiger charge is -2.25. The second-order valence-corrected chi connectivity index (χ2v) is 7.96. The number of halogens is 1. The Bertz CT molecular complexity index is 932. The van der Waals surface area contributed by atoms with E-state index in [2.05, 4.69) is 41.5 Å². The second kappa shape index (κ2) is 9.62. The molecule has 0 atom stereocenters. The van der Waals surface area contributed by atoms with E-state index in [1.165, 1.54) is 17.5 Å². The Morgan fingerprint density at radius 2 is 1.79 bits per heavy atom. The van der Waals surface area contributed by atoms with Gasteiger partial charge in [0.05, 0.1) is 5.69 Å². The number of pyridine rings is 1. The van der Waals surface area contributed by atoms with Gasteiger partial charge in [-0.1, -0.05) is 35.4 Å². The summed E-state index contributed by atoms with van der Waals surface area (Å²) in [6.45, 7) is 4.71. The molecule has 1 amide bonds. The van der Waals surface area contributed by atoms with Crippen molar-refractivity contribution in [1.82, 2.24) is 10.3 Å². The standard InChI is InChI=1S/C22H22ClN3OS/c1-16-6-8-19(9-7-16)28-26(21-5-3-4-20(23)17(21)2)15-22(27)25-14-18-10-12-24-13-11-18/h3-13H,14-15H2,1-2H3,(H,25,27). The molecule has 0 fully saturated rings. The summed E-state index contributed by atoms with van der Waals surface area (Å²) in [6.07, 6.45) is 3.44. The lowest BCUT2D eigenvalue weighted by atomic mass is 10.2. The molecule has 3 rings (SSSR count). The average molecular weight is 412 g/mol. The van der Waals surface area contributed by atoms with Gasteiger partial charge in [-0.3, -0.25) is 9.78 Å². The van der Waals surface area contributed by atoms with E-state index < -0.39 is 0 Å². The van der Waals surface area contributed by atoms with Crippen LogP contribution in [0.3, 0.4) is 0 Å². The van der Waals surface area contributed by atoms with E-state index in [4.69, 9.17) is 11.6 Å². The Kier molecular flexibility index (Phi) is 6.95. The molecule has 0 saturated carbocycles. The number of hydrogen-bond acceptors (Lipinski definition) is 4. The van der Waals surface area contributed by atoms with E-state index in [1.54, 1.807) is 12.4 Å². The van der Waals surface area contributed by atoms with Crippen molar-refractivity contribution in [1.29, 1.82) is 0 Å². The highest BCUT2D eigenvalue weighted by atomic mass is 35.5. The van der Waals surface area contributed by atoms with E-state index >= 15 is 0 Å². The highest BCUT2D eigenvalue weighted by Gasteiger charge is 2.16. The molecule has 28 heavy (non-hydrogen) atoms. The molecule has 0 spiro atoms. The average Bonchev–Trinajstić information content (AvgIpc) is 2.70. The molecule has 0 radical (unpaired) electrons. The van der Waals surface area contributed by atoms with Crippen molar-refractivity contribution < 1.29 is 4.79 Å². The van der Waals surface area contributed by atoms with Gasteiger partial charge in [-0.15, -0.1) is 0 Å². The van der Waals surface area contributed by atoms with Crippen molar-refractivity contribution in [3.8, 4) is 0 Å². The van der Waals surface area contributed by atoms with E-state index in [1.807, 2.05) is 41.6 Å². The van der Waals surface area contributed by atoms with Gasteiger partial charge in [0, 0.05) is 28.9 Å². The van der Waals surface area contributed by atoms with Crippen molar-refractivity contribution in [2.75, 3.05) is 10.8 Å². The van der Waals surface area contributed by atoms with Crippen LogP contribution in [-0.2, 0) is 11.3 Å². The molecule has 0 aliphatic rings. The third kappa shape index (κ3) is 5.50. The molecule has 0 aliphatic heterocycles. The maximum atomic E-state index is 12.6. The zero-order valence-corrected chi connectivity index (χ0v) is 17.4. The highest BCUT2D eigenvalue weighted by molar-refractivity contribution is 8.00. The van der Waals surface area contributed by atoms with Gasteiger partial charge in [-0.2, -0.15) is 0 Å². The van der Waals surface area contributed by atoms with E-state index in [9.17, 15) is 4.79 Å². The van der Waals surface area contributed by atoms with Gasteiger partial charge in [0.25, 0.3) is 0 Å². The van der Waals surface area contributed by atoms with Crippen LogP contribution in [0.15, 0.2) is 71.9 Å². The Morgan fingerprint density at radius 1 is 1.07 bits per heavy atom. The molecule has 144 valence electrons. The summed E-state index contributed by atoms with van der Waals surface area (Å²) >= 11 is 7.84. The number of aryl methyl sites for hydroxylation is 1. The first-order valence-corrected chi connectivity index (χ1v) is 10.1. The second-order valence-electron chi connectivity index (χ2n) is 6.46. The largest absolute Gasteiger partial charge is 0.350 e. The first-order chi connectivity index (χ1) is 13.5. The first kappa shape index (κ1) is 20.2. The molecule has 1 heterocycles. The van der Waals surface area contributed by atoms with Crippen molar-refractivity contribution >= 4 is 35.1 Å². The normalized spacial score (nSPS) is 10.5. The van der Waals surface area contributed by atoms with Gasteiger partial charge in [0.1, 0.15) is 6.54 Å². The van der Waals surface area contributed by atoms with Crippen molar-refractivity contribution in [2.24, 2.45) is 0 Å². The maximum Gasteiger partial charge on any atom is 0.240 e. The minimum absolute atomic E-state index is 0.0594. The Labute approximate surface area is 175 Å². The number of benzene rings is 2. The predicted octanol–water partition coefficient (Wildman–Crippen LogP) is 5.18. The summed E-state index contributed by atoms with van der Waals surface area (Å²) in [6, 6.07) is 17.8. The zero-order chi connectivity index (χ0) is 19.9. The predicted molar refractivity (Wildman–Crippen MR) is 117 cm³/mol. The van der Waals surface area contributed by atoms with Crippen LogP contribution in [0.1, 0.15) is 16.7 Å². The summed E-state index contributed by atoms with van der Waals surface area (Å²) in [5, 5.41) is 3.66. The van der Waals surface area contributed by atoms with Gasteiger partial charge in [0.15, 0.2) is 0 Å². The van der Waals surface area contributed by atoms with Crippen LogP contribution in [0.5, 0.6) is 0 Å². The summed E-state index contributed by atoms with van der Waals surface area (Å²) < 4.78 is 1.98. The Balaban J connectivity index is 1.76. The van der Waals surface area contributed by atoms with Crippen LogP contribution in [0.25, 0.3) is 0 Å². The minimum atomic E-state index is -0.0594. The summed E-state index contributed by atoms with van der Waals surface area (Å²) in [7, 11) is 0. The van der Waals surface area contributed by atoms with Crippen LogP contribution >= 0.6 is 23.5 Å². The lowest BCUT2D eigenvalue weighted by molar-refractivity contribution is -0.119. The van der Waals surface area contributed by atoms with Crippen LogP contribution in [0, 0.1) is 13.8 Å². The van der Waals surface area contributed by atoms with E-state index in [-0.39, 0.29) is 12.5 Å². The molecule has 6 heteroatoms. The monoisotopic (exact) mass is 411 g/mol. The van der Waals surface area contributed by atoms with E-state index in [0.29, 0.717) is 11.6 Å². The van der Waals surface area contributed by atoms with Crippen molar-refractivity contribution in [3.63, 3.8) is 0 Å².